The third kappa shape index (κ3) is 2.53. The molecule has 0 bridgehead atoms. The number of hydrogen-bond acceptors (Lipinski definition) is 8. The predicted molar refractivity (Wildman–Crippen MR) is 94.5 cm³/mol. The summed E-state index contributed by atoms with van der Waals surface area (Å²) in [6.45, 7) is 1.04. The Morgan fingerprint density at radius 2 is 2.19 bits per heavy atom. The smallest absolute Gasteiger partial charge is 0.221 e. The lowest BCUT2D eigenvalue weighted by molar-refractivity contribution is 0.269. The van der Waals surface area contributed by atoms with E-state index in [4.69, 9.17) is 5.11 Å². The molecule has 11 heteroatoms. The van der Waals surface area contributed by atoms with Gasteiger partial charge in [-0.25, -0.2) is 14.6 Å². The lowest BCUT2D eigenvalue weighted by atomic mass is 10.3. The van der Waals surface area contributed by atoms with E-state index in [9.17, 15) is 0 Å². The lowest BCUT2D eigenvalue weighted by Gasteiger charge is -2.00. The maximum Gasteiger partial charge on any atom is 0.221 e. The number of hydrogen-bond donors (Lipinski definition) is 2. The van der Waals surface area contributed by atoms with Gasteiger partial charge in [0.2, 0.25) is 5.65 Å². The van der Waals surface area contributed by atoms with Crippen molar-refractivity contribution in [1.29, 1.82) is 0 Å². The van der Waals surface area contributed by atoms with Gasteiger partial charge in [0.15, 0.2) is 5.65 Å². The highest BCUT2D eigenvalue weighted by molar-refractivity contribution is 7.19. The molecule has 0 aliphatic carbocycles. The largest absolute Gasteiger partial charge is 0.394 e. The topological polar surface area (TPSA) is 123 Å². The molecule has 0 spiro atoms. The van der Waals surface area contributed by atoms with E-state index in [2.05, 4.69) is 41.6 Å². The summed E-state index contributed by atoms with van der Waals surface area (Å²) in [6.07, 6.45) is 7.00. The van der Waals surface area contributed by atoms with Crippen molar-refractivity contribution in [3.05, 3.63) is 35.7 Å². The molecule has 0 unspecified atom stereocenters. The number of aromatic amines is 1. The fourth-order valence-electron chi connectivity index (χ4n) is 2.75. The molecule has 130 valence electrons. The Bertz CT molecular complexity index is 1170. The van der Waals surface area contributed by atoms with Gasteiger partial charge in [-0.2, -0.15) is 10.2 Å². The first kappa shape index (κ1) is 15.1. The Balaban J connectivity index is 1.50. The lowest BCUT2D eigenvalue weighted by Crippen LogP contribution is -2.02. The molecular weight excluding hydrogens is 354 g/mol. The van der Waals surface area contributed by atoms with Gasteiger partial charge in [-0.3, -0.25) is 9.78 Å². The molecule has 0 saturated carbocycles. The van der Waals surface area contributed by atoms with Crippen LogP contribution in [0.5, 0.6) is 0 Å². The van der Waals surface area contributed by atoms with Gasteiger partial charge in [0.05, 0.1) is 54.2 Å². The van der Waals surface area contributed by atoms with Gasteiger partial charge in [-0.05, 0) is 6.07 Å². The Labute approximate surface area is 150 Å². The van der Waals surface area contributed by atoms with E-state index in [-0.39, 0.29) is 6.61 Å². The molecule has 5 heterocycles. The van der Waals surface area contributed by atoms with Crippen LogP contribution in [0.3, 0.4) is 0 Å². The van der Waals surface area contributed by atoms with E-state index in [0.29, 0.717) is 30.1 Å². The highest BCUT2D eigenvalue weighted by Gasteiger charge is 2.13. The number of H-pyrrole nitrogens is 1. The standard InChI is InChI=1S/C15H13N9OS/c25-2-1-23-7-9(4-18-23)12-5-16-14-15(19-12)24(22-21-14)8-10-3-11-13(26-10)6-17-20-11/h3-7,25H,1-2,8H2,(H,17,20). The molecule has 10 nitrogen and oxygen atoms in total. The molecule has 0 amide bonds. The van der Waals surface area contributed by atoms with Crippen LogP contribution in [0.2, 0.25) is 0 Å². The molecule has 0 saturated heterocycles. The van der Waals surface area contributed by atoms with Crippen LogP contribution in [0.4, 0.5) is 0 Å². The van der Waals surface area contributed by atoms with Crippen molar-refractivity contribution in [3.8, 4) is 11.3 Å². The SMILES string of the molecule is OCCn1cc(-c2cnc3nnn(Cc4cc5[nH]ncc5s4)c3n2)cn1. The number of nitrogens with one attached hydrogen (secondary N) is 1. The Morgan fingerprint density at radius 3 is 3.08 bits per heavy atom. The van der Waals surface area contributed by atoms with Gasteiger partial charge >= 0.3 is 0 Å². The van der Waals surface area contributed by atoms with Crippen LogP contribution in [-0.2, 0) is 13.1 Å². The molecule has 5 aromatic heterocycles. The third-order valence-electron chi connectivity index (χ3n) is 3.97. The molecule has 2 N–H and O–H groups in total. The van der Waals surface area contributed by atoms with Gasteiger partial charge in [-0.1, -0.05) is 5.21 Å². The number of fused-ring (bicyclic) bond motifs is 2. The van der Waals surface area contributed by atoms with E-state index < -0.39 is 0 Å². The summed E-state index contributed by atoms with van der Waals surface area (Å²) in [5.74, 6) is 0. The Hall–Kier alpha value is -3.18. The van der Waals surface area contributed by atoms with Crippen LogP contribution in [0.1, 0.15) is 4.88 Å². The zero-order chi connectivity index (χ0) is 17.5. The van der Waals surface area contributed by atoms with Crippen molar-refractivity contribution < 1.29 is 5.11 Å². The summed E-state index contributed by atoms with van der Waals surface area (Å²) in [4.78, 5) is 10.1. The minimum absolute atomic E-state index is 0.0346. The molecule has 0 aliphatic heterocycles. The van der Waals surface area contributed by atoms with Crippen molar-refractivity contribution in [2.45, 2.75) is 13.1 Å². The molecule has 5 rings (SSSR count). The normalized spacial score (nSPS) is 11.7. The molecular formula is C15H13N9OS. The van der Waals surface area contributed by atoms with Crippen molar-refractivity contribution in [3.63, 3.8) is 0 Å². The fraction of sp³-hybridized carbons (Fsp3) is 0.200. The van der Waals surface area contributed by atoms with E-state index in [1.165, 1.54) is 0 Å². The van der Waals surface area contributed by atoms with E-state index in [1.54, 1.807) is 33.1 Å². The second-order valence-electron chi connectivity index (χ2n) is 5.73. The number of aromatic nitrogens is 9. The van der Waals surface area contributed by atoms with Gasteiger partial charge in [0, 0.05) is 16.6 Å². The van der Waals surface area contributed by atoms with Gasteiger partial charge < -0.3 is 5.11 Å². The average molecular weight is 367 g/mol. The quantitative estimate of drug-likeness (QED) is 0.476. The zero-order valence-corrected chi connectivity index (χ0v) is 14.3. The van der Waals surface area contributed by atoms with Crippen molar-refractivity contribution in [2.24, 2.45) is 0 Å². The van der Waals surface area contributed by atoms with Gasteiger partial charge in [0.1, 0.15) is 0 Å². The van der Waals surface area contributed by atoms with Crippen molar-refractivity contribution in [2.75, 3.05) is 6.61 Å². The van der Waals surface area contributed by atoms with Crippen LogP contribution in [0.15, 0.2) is 30.9 Å². The first-order valence-corrected chi connectivity index (χ1v) is 8.73. The summed E-state index contributed by atoms with van der Waals surface area (Å²) in [6, 6.07) is 2.05. The molecule has 0 aromatic carbocycles. The molecule has 0 aliphatic rings. The second-order valence-corrected chi connectivity index (χ2v) is 6.89. The van der Waals surface area contributed by atoms with Crippen molar-refractivity contribution >= 4 is 32.8 Å². The minimum atomic E-state index is 0.0346. The summed E-state index contributed by atoms with van der Waals surface area (Å²) < 4.78 is 4.51. The van der Waals surface area contributed by atoms with E-state index in [1.807, 2.05) is 12.4 Å². The third-order valence-corrected chi connectivity index (χ3v) is 5.02. The van der Waals surface area contributed by atoms with Crippen LogP contribution >= 0.6 is 11.3 Å². The number of thiophene rings is 1. The molecule has 0 atom stereocenters. The molecule has 5 aromatic rings. The maximum absolute atomic E-state index is 9.01. The summed E-state index contributed by atoms with van der Waals surface area (Å²) >= 11 is 1.65. The average Bonchev–Trinajstić information content (AvgIpc) is 3.39. The number of aliphatic hydroxyl groups excluding tert-OH is 1. The Morgan fingerprint density at radius 1 is 1.23 bits per heavy atom. The maximum atomic E-state index is 9.01. The molecule has 0 fully saturated rings. The zero-order valence-electron chi connectivity index (χ0n) is 13.4. The monoisotopic (exact) mass is 367 g/mol. The number of aliphatic hydroxyl groups is 1. The first-order valence-electron chi connectivity index (χ1n) is 7.92. The minimum Gasteiger partial charge on any atom is -0.394 e. The fourth-order valence-corrected chi connectivity index (χ4v) is 3.71. The van der Waals surface area contributed by atoms with Crippen LogP contribution < -0.4 is 0 Å². The molecule has 0 radical (unpaired) electrons. The van der Waals surface area contributed by atoms with Gasteiger partial charge in [0.25, 0.3) is 0 Å². The van der Waals surface area contributed by atoms with Crippen LogP contribution in [0.25, 0.3) is 32.8 Å². The van der Waals surface area contributed by atoms with Gasteiger partial charge in [-0.15, -0.1) is 16.4 Å². The Kier molecular flexibility index (Phi) is 3.47. The second kappa shape index (κ2) is 5.97. The summed E-state index contributed by atoms with van der Waals surface area (Å²) in [5, 5.41) is 28.5. The summed E-state index contributed by atoms with van der Waals surface area (Å²) in [7, 11) is 0. The van der Waals surface area contributed by atoms with Crippen molar-refractivity contribution in [1.82, 2.24) is 44.9 Å². The first-order chi connectivity index (χ1) is 12.8. The van der Waals surface area contributed by atoms with Crippen LogP contribution in [-0.4, -0.2) is 56.7 Å². The predicted octanol–water partition coefficient (Wildman–Crippen LogP) is 1.06. The molecule has 26 heavy (non-hydrogen) atoms. The highest BCUT2D eigenvalue weighted by atomic mass is 32.1. The highest BCUT2D eigenvalue weighted by Crippen LogP contribution is 2.25. The van der Waals surface area contributed by atoms with Crippen LogP contribution in [0, 0.1) is 0 Å². The number of nitrogens with zero attached hydrogens (tertiary/aromatic N) is 8. The summed E-state index contributed by atoms with van der Waals surface area (Å²) in [5.41, 5.74) is 3.65. The van der Waals surface area contributed by atoms with E-state index in [0.717, 1.165) is 20.7 Å². The van der Waals surface area contributed by atoms with E-state index >= 15 is 0 Å². The number of rotatable bonds is 5.